The molecule has 0 aliphatic carbocycles. The standard InChI is InChI=1S/C9H14N2O/c1-7(12)9(10)5-8-3-2-4-11-6-8/h2-4,6-7,9,12H,5,10H2,1H3. The van der Waals surface area contributed by atoms with Gasteiger partial charge in [-0.3, -0.25) is 4.98 Å². The number of aliphatic hydroxyl groups is 1. The van der Waals surface area contributed by atoms with Crippen LogP contribution in [0.2, 0.25) is 0 Å². The molecular formula is C9H14N2O. The van der Waals surface area contributed by atoms with Crippen LogP contribution in [0.4, 0.5) is 0 Å². The number of nitrogens with two attached hydrogens (primary N) is 1. The van der Waals surface area contributed by atoms with Gasteiger partial charge in [0.05, 0.1) is 6.10 Å². The van der Waals surface area contributed by atoms with Gasteiger partial charge >= 0.3 is 0 Å². The highest BCUT2D eigenvalue weighted by molar-refractivity contribution is 5.10. The fourth-order valence-corrected chi connectivity index (χ4v) is 0.962. The molecule has 0 fully saturated rings. The minimum atomic E-state index is -0.467. The van der Waals surface area contributed by atoms with Gasteiger partial charge in [-0.05, 0) is 25.0 Å². The zero-order chi connectivity index (χ0) is 8.97. The maximum atomic E-state index is 9.14. The smallest absolute Gasteiger partial charge is 0.0666 e. The van der Waals surface area contributed by atoms with Crippen molar-refractivity contribution in [2.75, 3.05) is 0 Å². The third-order valence-electron chi connectivity index (χ3n) is 1.81. The fraction of sp³-hybridized carbons (Fsp3) is 0.444. The maximum absolute atomic E-state index is 9.14. The molecule has 3 N–H and O–H groups in total. The molecule has 3 heteroatoms. The third kappa shape index (κ3) is 2.60. The van der Waals surface area contributed by atoms with E-state index < -0.39 is 6.10 Å². The normalized spacial score (nSPS) is 15.6. The fourth-order valence-electron chi connectivity index (χ4n) is 0.962. The highest BCUT2D eigenvalue weighted by Gasteiger charge is 2.09. The number of hydrogen-bond acceptors (Lipinski definition) is 3. The molecule has 12 heavy (non-hydrogen) atoms. The predicted octanol–water partition coefficient (Wildman–Crippen LogP) is 0.332. The average Bonchev–Trinajstić information content (AvgIpc) is 2.06. The molecule has 2 atom stereocenters. The molecule has 0 spiro atoms. The summed E-state index contributed by atoms with van der Waals surface area (Å²) in [6, 6.07) is 3.62. The Bertz CT molecular complexity index is 223. The van der Waals surface area contributed by atoms with Crippen molar-refractivity contribution < 1.29 is 5.11 Å². The second-order valence-electron chi connectivity index (χ2n) is 2.97. The van der Waals surface area contributed by atoms with Gasteiger partial charge in [0.2, 0.25) is 0 Å². The summed E-state index contributed by atoms with van der Waals surface area (Å²) >= 11 is 0. The summed E-state index contributed by atoms with van der Waals surface area (Å²) in [5, 5.41) is 9.14. The van der Waals surface area contributed by atoms with Gasteiger partial charge in [0.25, 0.3) is 0 Å². The van der Waals surface area contributed by atoms with Gasteiger partial charge in [0, 0.05) is 18.4 Å². The Labute approximate surface area is 72.2 Å². The van der Waals surface area contributed by atoms with E-state index in [4.69, 9.17) is 10.8 Å². The Hall–Kier alpha value is -0.930. The zero-order valence-corrected chi connectivity index (χ0v) is 7.14. The van der Waals surface area contributed by atoms with Gasteiger partial charge in [0.15, 0.2) is 0 Å². The van der Waals surface area contributed by atoms with Crippen LogP contribution in [0.1, 0.15) is 12.5 Å². The van der Waals surface area contributed by atoms with E-state index in [2.05, 4.69) is 4.98 Å². The topological polar surface area (TPSA) is 59.1 Å². The van der Waals surface area contributed by atoms with Crippen molar-refractivity contribution in [3.63, 3.8) is 0 Å². The van der Waals surface area contributed by atoms with E-state index in [1.807, 2.05) is 12.1 Å². The van der Waals surface area contributed by atoms with Gasteiger partial charge in [-0.1, -0.05) is 6.07 Å². The summed E-state index contributed by atoms with van der Waals surface area (Å²) < 4.78 is 0. The molecule has 1 heterocycles. The van der Waals surface area contributed by atoms with Gasteiger partial charge in [-0.15, -0.1) is 0 Å². The second kappa shape index (κ2) is 4.18. The molecule has 0 aromatic carbocycles. The van der Waals surface area contributed by atoms with E-state index in [0.29, 0.717) is 6.42 Å². The van der Waals surface area contributed by atoms with Crippen LogP contribution in [-0.4, -0.2) is 22.2 Å². The molecule has 1 aromatic rings. The van der Waals surface area contributed by atoms with Crippen molar-refractivity contribution in [1.82, 2.24) is 4.98 Å². The molecule has 3 nitrogen and oxygen atoms in total. The Kier molecular flexibility index (Phi) is 3.19. The van der Waals surface area contributed by atoms with E-state index in [1.54, 1.807) is 19.3 Å². The van der Waals surface area contributed by atoms with Crippen LogP contribution in [0.15, 0.2) is 24.5 Å². The molecule has 1 aromatic heterocycles. The van der Waals surface area contributed by atoms with Crippen LogP contribution >= 0.6 is 0 Å². The number of nitrogens with zero attached hydrogens (tertiary/aromatic N) is 1. The zero-order valence-electron chi connectivity index (χ0n) is 7.14. The summed E-state index contributed by atoms with van der Waals surface area (Å²) in [6.45, 7) is 1.70. The van der Waals surface area contributed by atoms with Gasteiger partial charge in [0.1, 0.15) is 0 Å². The van der Waals surface area contributed by atoms with E-state index in [0.717, 1.165) is 5.56 Å². The minimum absolute atomic E-state index is 0.200. The Morgan fingerprint density at radius 2 is 2.42 bits per heavy atom. The third-order valence-corrected chi connectivity index (χ3v) is 1.81. The van der Waals surface area contributed by atoms with Gasteiger partial charge in [-0.2, -0.15) is 0 Å². The molecular weight excluding hydrogens is 152 g/mol. The molecule has 0 saturated heterocycles. The molecule has 0 radical (unpaired) electrons. The van der Waals surface area contributed by atoms with Crippen LogP contribution in [0, 0.1) is 0 Å². The monoisotopic (exact) mass is 166 g/mol. The van der Waals surface area contributed by atoms with Crippen LogP contribution in [0.5, 0.6) is 0 Å². The first-order valence-corrected chi connectivity index (χ1v) is 4.02. The summed E-state index contributed by atoms with van der Waals surface area (Å²) in [5.74, 6) is 0. The molecule has 0 aliphatic heterocycles. The van der Waals surface area contributed by atoms with Gasteiger partial charge in [-0.25, -0.2) is 0 Å². The van der Waals surface area contributed by atoms with Crippen LogP contribution in [0.3, 0.4) is 0 Å². The van der Waals surface area contributed by atoms with E-state index in [-0.39, 0.29) is 6.04 Å². The van der Waals surface area contributed by atoms with E-state index in [1.165, 1.54) is 0 Å². The van der Waals surface area contributed by atoms with Crippen molar-refractivity contribution in [2.24, 2.45) is 5.73 Å². The quantitative estimate of drug-likeness (QED) is 0.680. The summed E-state index contributed by atoms with van der Waals surface area (Å²) in [4.78, 5) is 3.96. The SMILES string of the molecule is CC(O)C(N)Cc1cccnc1. The number of hydrogen-bond donors (Lipinski definition) is 2. The Morgan fingerprint density at radius 1 is 1.67 bits per heavy atom. The predicted molar refractivity (Wildman–Crippen MR) is 47.6 cm³/mol. The van der Waals surface area contributed by atoms with E-state index in [9.17, 15) is 0 Å². The maximum Gasteiger partial charge on any atom is 0.0666 e. The Morgan fingerprint density at radius 3 is 2.92 bits per heavy atom. The van der Waals surface area contributed by atoms with Crippen molar-refractivity contribution in [3.8, 4) is 0 Å². The highest BCUT2D eigenvalue weighted by Crippen LogP contribution is 2.01. The summed E-state index contributed by atoms with van der Waals surface area (Å²) in [5.41, 5.74) is 6.73. The van der Waals surface area contributed by atoms with Crippen molar-refractivity contribution in [1.29, 1.82) is 0 Å². The minimum Gasteiger partial charge on any atom is -0.392 e. The van der Waals surface area contributed by atoms with Crippen LogP contribution < -0.4 is 5.73 Å². The number of rotatable bonds is 3. The van der Waals surface area contributed by atoms with Crippen LogP contribution in [0.25, 0.3) is 0 Å². The van der Waals surface area contributed by atoms with Crippen molar-refractivity contribution in [2.45, 2.75) is 25.5 Å². The molecule has 0 aliphatic rings. The average molecular weight is 166 g/mol. The Balaban J connectivity index is 2.53. The summed E-state index contributed by atoms with van der Waals surface area (Å²) in [6.07, 6.45) is 3.69. The molecule has 66 valence electrons. The summed E-state index contributed by atoms with van der Waals surface area (Å²) in [7, 11) is 0. The lowest BCUT2D eigenvalue weighted by Crippen LogP contribution is -2.34. The lowest BCUT2D eigenvalue weighted by molar-refractivity contribution is 0.163. The first-order valence-electron chi connectivity index (χ1n) is 4.02. The van der Waals surface area contributed by atoms with Crippen molar-refractivity contribution in [3.05, 3.63) is 30.1 Å². The van der Waals surface area contributed by atoms with Gasteiger partial charge < -0.3 is 10.8 Å². The largest absolute Gasteiger partial charge is 0.392 e. The second-order valence-corrected chi connectivity index (χ2v) is 2.97. The first-order chi connectivity index (χ1) is 5.70. The lowest BCUT2D eigenvalue weighted by atomic mass is 10.1. The lowest BCUT2D eigenvalue weighted by Gasteiger charge is -2.13. The number of aromatic nitrogens is 1. The molecule has 0 saturated carbocycles. The highest BCUT2D eigenvalue weighted by atomic mass is 16.3. The van der Waals surface area contributed by atoms with E-state index >= 15 is 0 Å². The molecule has 2 unspecified atom stereocenters. The number of pyridine rings is 1. The molecule has 0 amide bonds. The molecule has 1 rings (SSSR count). The first kappa shape index (κ1) is 9.16. The van der Waals surface area contributed by atoms with Crippen LogP contribution in [-0.2, 0) is 6.42 Å². The number of aliphatic hydroxyl groups excluding tert-OH is 1. The van der Waals surface area contributed by atoms with Crippen molar-refractivity contribution >= 4 is 0 Å². The molecule has 0 bridgehead atoms.